The molecule has 47 heavy (non-hydrogen) atoms. The monoisotopic (exact) mass is 873 g/mol. The third-order valence-electron chi connectivity index (χ3n) is 10.8. The zero-order chi connectivity index (χ0) is 32.5. The molecule has 254 valence electrons. The van der Waals surface area contributed by atoms with Gasteiger partial charge in [-0.05, 0) is 102 Å². The van der Waals surface area contributed by atoms with E-state index < -0.39 is 11.6 Å². The highest BCUT2D eigenvalue weighted by Gasteiger charge is 2.35. The number of nitrogens with one attached hydrogen (secondary N) is 2. The van der Waals surface area contributed by atoms with Crippen molar-refractivity contribution in [2.75, 3.05) is 36.8 Å². The summed E-state index contributed by atoms with van der Waals surface area (Å²) in [6, 6.07) is 4.99. The molecule has 4 heterocycles. The predicted octanol–water partition coefficient (Wildman–Crippen LogP) is 7.39. The van der Waals surface area contributed by atoms with Crippen molar-refractivity contribution in [2.24, 2.45) is 5.92 Å². The summed E-state index contributed by atoms with van der Waals surface area (Å²) >= 11 is 4.72. The highest BCUT2D eigenvalue weighted by atomic mass is 127. The predicted molar refractivity (Wildman–Crippen MR) is 196 cm³/mol. The van der Waals surface area contributed by atoms with E-state index >= 15 is 0 Å². The van der Waals surface area contributed by atoms with Gasteiger partial charge < -0.3 is 20.4 Å². The summed E-state index contributed by atoms with van der Waals surface area (Å²) in [5, 5.41) is 6.67. The standard InChI is InChI=1S/C33H43F2I2N9O/c34-22-5-12-28(27(35)19-22)40-33-41-29-20-38-32(39-23-6-10-26(11-7-23)46(36)37)42-30(29)45(33)25-8-3-21(4-9-25)31(47)44-17-13-24(14-18-44)43-15-1-2-16-43/h5,12,19-21,23-26H,1-4,6-11,13-18H2,(H,40,41)(H,38,39,42). The van der Waals surface area contributed by atoms with Crippen molar-refractivity contribution in [1.29, 1.82) is 0 Å². The lowest BCUT2D eigenvalue weighted by atomic mass is 9.84. The molecule has 14 heteroatoms. The number of aromatic nitrogens is 4. The van der Waals surface area contributed by atoms with Crippen LogP contribution in [0.15, 0.2) is 24.4 Å². The lowest BCUT2D eigenvalue weighted by Gasteiger charge is -2.39. The molecule has 2 saturated carbocycles. The molecule has 2 aliphatic carbocycles. The van der Waals surface area contributed by atoms with Gasteiger partial charge in [-0.2, -0.15) is 6.31 Å². The Kier molecular flexibility index (Phi) is 10.6. The highest BCUT2D eigenvalue weighted by molar-refractivity contribution is 14.2. The maximum atomic E-state index is 14.8. The molecule has 2 aliphatic heterocycles. The molecule has 1 aromatic carbocycles. The minimum absolute atomic E-state index is 0.0123. The minimum Gasteiger partial charge on any atom is -0.351 e. The molecule has 0 spiro atoms. The van der Waals surface area contributed by atoms with E-state index in [0.29, 0.717) is 47.1 Å². The minimum atomic E-state index is -0.688. The summed E-state index contributed by atoms with van der Waals surface area (Å²) in [7, 11) is 0. The van der Waals surface area contributed by atoms with Gasteiger partial charge in [0.2, 0.25) is 17.8 Å². The smallest absolute Gasteiger partial charge is 0.225 e. The van der Waals surface area contributed by atoms with E-state index in [9.17, 15) is 13.6 Å². The van der Waals surface area contributed by atoms with Gasteiger partial charge in [-0.15, -0.1) is 0 Å². The van der Waals surface area contributed by atoms with Crippen LogP contribution >= 0.6 is 45.7 Å². The number of carbonyl (C=O) groups excluding carboxylic acids is 1. The molecule has 0 unspecified atom stereocenters. The summed E-state index contributed by atoms with van der Waals surface area (Å²) in [4.78, 5) is 32.7. The number of benzene rings is 1. The normalized spacial score (nSPS) is 26.3. The fourth-order valence-electron chi connectivity index (χ4n) is 8.10. The van der Waals surface area contributed by atoms with Gasteiger partial charge in [0.1, 0.15) is 17.2 Å². The van der Waals surface area contributed by atoms with Crippen molar-refractivity contribution in [2.45, 2.75) is 101 Å². The molecular formula is C33H43F2I2N9O. The van der Waals surface area contributed by atoms with Crippen LogP contribution < -0.4 is 10.6 Å². The van der Waals surface area contributed by atoms with Crippen LogP contribution in [-0.2, 0) is 4.79 Å². The molecule has 7 rings (SSSR count). The molecule has 1 amide bonds. The Morgan fingerprint density at radius 3 is 2.28 bits per heavy atom. The number of piperidine rings is 1. The van der Waals surface area contributed by atoms with E-state index in [0.717, 1.165) is 83.4 Å². The number of hydrogen-bond acceptors (Lipinski definition) is 8. The van der Waals surface area contributed by atoms with Gasteiger partial charge in [0.25, 0.3) is 0 Å². The van der Waals surface area contributed by atoms with E-state index in [1.54, 1.807) is 6.20 Å². The summed E-state index contributed by atoms with van der Waals surface area (Å²) in [6.07, 6.45) is 13.9. The van der Waals surface area contributed by atoms with E-state index in [-0.39, 0.29) is 17.6 Å². The van der Waals surface area contributed by atoms with E-state index in [1.165, 1.54) is 38.1 Å². The van der Waals surface area contributed by atoms with Crippen LogP contribution in [0, 0.1) is 17.6 Å². The maximum absolute atomic E-state index is 14.8. The zero-order valence-electron chi connectivity index (χ0n) is 26.6. The Morgan fingerprint density at radius 1 is 0.872 bits per heavy atom. The Balaban J connectivity index is 1.07. The van der Waals surface area contributed by atoms with Crippen LogP contribution in [0.4, 0.5) is 26.4 Å². The van der Waals surface area contributed by atoms with Crippen LogP contribution in [0.1, 0.15) is 83.1 Å². The van der Waals surface area contributed by atoms with Gasteiger partial charge >= 0.3 is 0 Å². The third-order valence-corrected chi connectivity index (χ3v) is 12.3. The number of carbonyl (C=O) groups is 1. The molecular weight excluding hydrogens is 830 g/mol. The SMILES string of the molecule is O=C(C1CCC(n2c(Nc3ccc(F)cc3F)nc3cnc(NC4CCC(N(I)I)CC4)nc32)CC1)N1CCC(N2CCCC2)CC1. The Labute approximate surface area is 302 Å². The van der Waals surface area contributed by atoms with Crippen LogP contribution in [0.2, 0.25) is 0 Å². The number of amides is 1. The molecule has 2 aromatic heterocycles. The molecule has 0 atom stereocenters. The van der Waals surface area contributed by atoms with Crippen LogP contribution in [0.3, 0.4) is 0 Å². The first-order valence-electron chi connectivity index (χ1n) is 17.2. The van der Waals surface area contributed by atoms with Crippen molar-refractivity contribution in [1.82, 2.24) is 30.6 Å². The molecule has 0 radical (unpaired) electrons. The van der Waals surface area contributed by atoms with Gasteiger partial charge in [-0.1, -0.05) is 0 Å². The molecule has 2 saturated heterocycles. The molecule has 2 N–H and O–H groups in total. The summed E-state index contributed by atoms with van der Waals surface area (Å²) < 4.78 is 32.8. The molecule has 10 nitrogen and oxygen atoms in total. The maximum Gasteiger partial charge on any atom is 0.225 e. The van der Waals surface area contributed by atoms with Crippen molar-refractivity contribution < 1.29 is 13.6 Å². The van der Waals surface area contributed by atoms with Gasteiger partial charge in [0.05, 0.1) is 11.9 Å². The fourth-order valence-corrected chi connectivity index (χ4v) is 9.22. The number of nitrogens with zero attached hydrogens (tertiary/aromatic N) is 7. The largest absolute Gasteiger partial charge is 0.351 e. The van der Waals surface area contributed by atoms with Crippen molar-refractivity contribution in [3.8, 4) is 0 Å². The number of anilines is 3. The first kappa shape index (κ1) is 33.6. The van der Waals surface area contributed by atoms with Crippen LogP contribution in [0.25, 0.3) is 11.2 Å². The average molecular weight is 874 g/mol. The number of fused-ring (bicyclic) bond motifs is 1. The number of hydrogen-bond donors (Lipinski definition) is 2. The second-order valence-corrected chi connectivity index (χ2v) is 17.6. The van der Waals surface area contributed by atoms with Crippen molar-refractivity contribution >= 4 is 80.4 Å². The lowest BCUT2D eigenvalue weighted by Crippen LogP contribution is -2.48. The second kappa shape index (κ2) is 14.9. The zero-order valence-corrected chi connectivity index (χ0v) is 30.9. The number of likely N-dealkylation sites (tertiary alicyclic amines) is 2. The van der Waals surface area contributed by atoms with E-state index in [2.05, 4.69) is 72.5 Å². The highest BCUT2D eigenvalue weighted by Crippen LogP contribution is 2.39. The van der Waals surface area contributed by atoms with Crippen LogP contribution in [0.5, 0.6) is 0 Å². The third kappa shape index (κ3) is 7.64. The summed E-state index contributed by atoms with van der Waals surface area (Å²) in [5.74, 6) is -0.0122. The quantitative estimate of drug-likeness (QED) is 0.179. The second-order valence-electron chi connectivity index (χ2n) is 13.7. The van der Waals surface area contributed by atoms with E-state index in [1.807, 2.05) is 4.57 Å². The molecule has 4 aliphatic rings. The lowest BCUT2D eigenvalue weighted by molar-refractivity contribution is -0.138. The number of imidazole rings is 1. The summed E-state index contributed by atoms with van der Waals surface area (Å²) in [6.45, 7) is 4.12. The number of halogens is 4. The van der Waals surface area contributed by atoms with Gasteiger partial charge in [-0.25, -0.2) is 18.7 Å². The van der Waals surface area contributed by atoms with Gasteiger partial charge in [0, 0.05) is 95.0 Å². The molecule has 3 aromatic rings. The van der Waals surface area contributed by atoms with Crippen molar-refractivity contribution in [3.63, 3.8) is 0 Å². The number of rotatable bonds is 8. The van der Waals surface area contributed by atoms with Crippen molar-refractivity contribution in [3.05, 3.63) is 36.0 Å². The van der Waals surface area contributed by atoms with Crippen LogP contribution in [-0.4, -0.2) is 80.9 Å². The first-order chi connectivity index (χ1) is 22.8. The van der Waals surface area contributed by atoms with Gasteiger partial charge in [-0.3, -0.25) is 9.36 Å². The fraction of sp³-hybridized carbons (Fsp3) is 0.636. The molecule has 0 bridgehead atoms. The van der Waals surface area contributed by atoms with E-state index in [4.69, 9.17) is 9.97 Å². The molecule has 4 fully saturated rings. The first-order valence-corrected chi connectivity index (χ1v) is 19.1. The average Bonchev–Trinajstić information content (AvgIpc) is 3.75. The Bertz CT molecular complexity index is 1540. The topological polar surface area (TPSA) is 94.4 Å². The Morgan fingerprint density at radius 2 is 1.60 bits per heavy atom. The Hall–Kier alpha value is -1.92. The summed E-state index contributed by atoms with van der Waals surface area (Å²) in [5.41, 5.74) is 1.42. The van der Waals surface area contributed by atoms with Gasteiger partial charge in [0.15, 0.2) is 5.65 Å².